The van der Waals surface area contributed by atoms with E-state index in [1.807, 2.05) is 41.9 Å². The summed E-state index contributed by atoms with van der Waals surface area (Å²) in [5, 5.41) is 23.9. The number of nitrogens with zero attached hydrogens (tertiary/aromatic N) is 5. The SMILES string of the molecule is COc1ccc(C=NNC(=O)CSc2nnc(-c3ccccc3)n2C)cc1OCc1ccc([N+](=O)[O-])cc1. The molecule has 4 aromatic rings. The fourth-order valence-electron chi connectivity index (χ4n) is 3.38. The molecule has 11 nitrogen and oxygen atoms in total. The number of thioether (sulfide) groups is 1. The number of nitro groups is 1. The van der Waals surface area contributed by atoms with E-state index in [0.29, 0.717) is 22.2 Å². The molecule has 0 bridgehead atoms. The Morgan fingerprint density at radius 3 is 2.58 bits per heavy atom. The Balaban J connectivity index is 1.31. The van der Waals surface area contributed by atoms with Crippen LogP contribution in [0.15, 0.2) is 83.1 Å². The minimum Gasteiger partial charge on any atom is -0.493 e. The first-order valence-corrected chi connectivity index (χ1v) is 12.4. The summed E-state index contributed by atoms with van der Waals surface area (Å²) in [5.74, 6) is 1.53. The van der Waals surface area contributed by atoms with Crippen LogP contribution in [0.1, 0.15) is 11.1 Å². The fraction of sp³-hybridized carbons (Fsp3) is 0.154. The molecule has 0 spiro atoms. The standard InChI is InChI=1S/C26H24N6O5S/c1-31-25(20-6-4-3-5-7-20)29-30-26(31)38-17-24(33)28-27-15-19-10-13-22(36-2)23(14-19)37-16-18-8-11-21(12-9-18)32(34)35/h3-15H,16-17H2,1-2H3,(H,28,33). The molecule has 0 aliphatic heterocycles. The first-order valence-electron chi connectivity index (χ1n) is 11.4. The van der Waals surface area contributed by atoms with Gasteiger partial charge in [0.15, 0.2) is 22.5 Å². The van der Waals surface area contributed by atoms with Crippen molar-refractivity contribution in [3.63, 3.8) is 0 Å². The molecule has 0 radical (unpaired) electrons. The Morgan fingerprint density at radius 1 is 1.11 bits per heavy atom. The number of hydrazone groups is 1. The average Bonchev–Trinajstić information content (AvgIpc) is 3.31. The predicted octanol–water partition coefficient (Wildman–Crippen LogP) is 4.22. The zero-order chi connectivity index (χ0) is 26.9. The van der Waals surface area contributed by atoms with Crippen LogP contribution < -0.4 is 14.9 Å². The van der Waals surface area contributed by atoms with Crippen molar-refractivity contribution in [2.45, 2.75) is 11.8 Å². The number of methoxy groups -OCH3 is 1. The summed E-state index contributed by atoms with van der Waals surface area (Å²) in [7, 11) is 3.38. The summed E-state index contributed by atoms with van der Waals surface area (Å²) >= 11 is 1.26. The second kappa shape index (κ2) is 12.5. The fourth-order valence-corrected chi connectivity index (χ4v) is 4.09. The number of amides is 1. The molecule has 0 aliphatic rings. The smallest absolute Gasteiger partial charge is 0.269 e. The molecule has 0 saturated carbocycles. The van der Waals surface area contributed by atoms with Gasteiger partial charge in [-0.05, 0) is 41.5 Å². The highest BCUT2D eigenvalue weighted by molar-refractivity contribution is 7.99. The van der Waals surface area contributed by atoms with Gasteiger partial charge in [0.2, 0.25) is 0 Å². The van der Waals surface area contributed by atoms with Gasteiger partial charge in [-0.2, -0.15) is 5.10 Å². The number of hydrogen-bond donors (Lipinski definition) is 1. The lowest BCUT2D eigenvalue weighted by Gasteiger charge is -2.11. The Labute approximate surface area is 222 Å². The molecule has 1 heterocycles. The van der Waals surface area contributed by atoms with Crippen LogP contribution in [0.2, 0.25) is 0 Å². The van der Waals surface area contributed by atoms with Crippen LogP contribution in [0.5, 0.6) is 11.5 Å². The molecule has 0 atom stereocenters. The lowest BCUT2D eigenvalue weighted by molar-refractivity contribution is -0.384. The van der Waals surface area contributed by atoms with Crippen molar-refractivity contribution >= 4 is 29.6 Å². The topological polar surface area (TPSA) is 134 Å². The van der Waals surface area contributed by atoms with E-state index in [4.69, 9.17) is 9.47 Å². The third kappa shape index (κ3) is 6.73. The van der Waals surface area contributed by atoms with Gasteiger partial charge >= 0.3 is 0 Å². The molecule has 4 rings (SSSR count). The lowest BCUT2D eigenvalue weighted by atomic mass is 10.2. The number of carbonyl (C=O) groups excluding carboxylic acids is 1. The molecule has 194 valence electrons. The Bertz CT molecular complexity index is 1440. The van der Waals surface area contributed by atoms with Crippen LogP contribution >= 0.6 is 11.8 Å². The van der Waals surface area contributed by atoms with Gasteiger partial charge in [0.1, 0.15) is 6.61 Å². The molecule has 0 unspecified atom stereocenters. The number of benzene rings is 3. The molecule has 3 aromatic carbocycles. The highest BCUT2D eigenvalue weighted by atomic mass is 32.2. The van der Waals surface area contributed by atoms with Crippen molar-refractivity contribution in [2.75, 3.05) is 12.9 Å². The van der Waals surface area contributed by atoms with Crippen molar-refractivity contribution in [1.82, 2.24) is 20.2 Å². The number of rotatable bonds is 11. The van der Waals surface area contributed by atoms with Gasteiger partial charge in [-0.1, -0.05) is 42.1 Å². The number of carbonyl (C=O) groups is 1. The van der Waals surface area contributed by atoms with Crippen molar-refractivity contribution in [1.29, 1.82) is 0 Å². The number of nitro benzene ring substituents is 1. The number of non-ortho nitro benzene ring substituents is 1. The van der Waals surface area contributed by atoms with Crippen LogP contribution in [-0.4, -0.2) is 44.7 Å². The van der Waals surface area contributed by atoms with Crippen LogP contribution in [0.25, 0.3) is 11.4 Å². The van der Waals surface area contributed by atoms with Gasteiger partial charge in [-0.3, -0.25) is 14.9 Å². The number of hydrogen-bond acceptors (Lipinski definition) is 9. The quantitative estimate of drug-likeness (QED) is 0.131. The van der Waals surface area contributed by atoms with Gasteiger partial charge in [0.05, 0.1) is 24.0 Å². The van der Waals surface area contributed by atoms with E-state index < -0.39 is 4.92 Å². The maximum Gasteiger partial charge on any atom is 0.269 e. The van der Waals surface area contributed by atoms with E-state index in [0.717, 1.165) is 17.0 Å². The third-order valence-corrected chi connectivity index (χ3v) is 6.35. The first kappa shape index (κ1) is 26.4. The van der Waals surface area contributed by atoms with Crippen LogP contribution in [0, 0.1) is 10.1 Å². The highest BCUT2D eigenvalue weighted by Gasteiger charge is 2.13. The predicted molar refractivity (Wildman–Crippen MR) is 143 cm³/mol. The van der Waals surface area contributed by atoms with E-state index in [1.165, 1.54) is 37.2 Å². The molecule has 1 N–H and O–H groups in total. The van der Waals surface area contributed by atoms with E-state index in [1.54, 1.807) is 30.3 Å². The summed E-state index contributed by atoms with van der Waals surface area (Å²) in [6.07, 6.45) is 1.50. The van der Waals surface area contributed by atoms with Crippen molar-refractivity contribution in [3.05, 3.63) is 94.0 Å². The molecule has 1 aromatic heterocycles. The molecular formula is C26H24N6O5S. The molecule has 12 heteroatoms. The second-order valence-electron chi connectivity index (χ2n) is 7.94. The normalized spacial score (nSPS) is 10.9. The molecule has 0 aliphatic carbocycles. The average molecular weight is 533 g/mol. The molecule has 1 amide bonds. The van der Waals surface area contributed by atoms with E-state index in [9.17, 15) is 14.9 Å². The second-order valence-corrected chi connectivity index (χ2v) is 8.88. The van der Waals surface area contributed by atoms with Gasteiger partial charge in [0, 0.05) is 24.7 Å². The molecule has 0 saturated heterocycles. The zero-order valence-electron chi connectivity index (χ0n) is 20.6. The maximum atomic E-state index is 12.3. The van der Waals surface area contributed by atoms with Crippen LogP contribution in [0.4, 0.5) is 5.69 Å². The molecular weight excluding hydrogens is 508 g/mol. The van der Waals surface area contributed by atoms with Crippen molar-refractivity contribution in [3.8, 4) is 22.9 Å². The number of aromatic nitrogens is 3. The Morgan fingerprint density at radius 2 is 1.87 bits per heavy atom. The largest absolute Gasteiger partial charge is 0.493 e. The van der Waals surface area contributed by atoms with Crippen LogP contribution in [0.3, 0.4) is 0 Å². The lowest BCUT2D eigenvalue weighted by Crippen LogP contribution is -2.19. The van der Waals surface area contributed by atoms with Gasteiger partial charge < -0.3 is 14.0 Å². The minimum atomic E-state index is -0.453. The molecule has 0 fully saturated rings. The van der Waals surface area contributed by atoms with E-state index in [2.05, 4.69) is 20.7 Å². The monoisotopic (exact) mass is 532 g/mol. The number of nitrogens with one attached hydrogen (secondary N) is 1. The van der Waals surface area contributed by atoms with Crippen LogP contribution in [-0.2, 0) is 18.4 Å². The van der Waals surface area contributed by atoms with E-state index in [-0.39, 0.29) is 24.0 Å². The number of ether oxygens (including phenoxy) is 2. The Kier molecular flexibility index (Phi) is 8.67. The summed E-state index contributed by atoms with van der Waals surface area (Å²) in [4.78, 5) is 22.7. The van der Waals surface area contributed by atoms with E-state index >= 15 is 0 Å². The van der Waals surface area contributed by atoms with Gasteiger partial charge in [-0.15, -0.1) is 10.2 Å². The van der Waals surface area contributed by atoms with Gasteiger partial charge in [-0.25, -0.2) is 5.43 Å². The molecule has 38 heavy (non-hydrogen) atoms. The maximum absolute atomic E-state index is 12.3. The summed E-state index contributed by atoms with van der Waals surface area (Å²) in [6.45, 7) is 0.191. The summed E-state index contributed by atoms with van der Waals surface area (Å²) in [6, 6.07) is 21.0. The zero-order valence-corrected chi connectivity index (χ0v) is 21.4. The minimum absolute atomic E-state index is 0.0125. The highest BCUT2D eigenvalue weighted by Crippen LogP contribution is 2.28. The summed E-state index contributed by atoms with van der Waals surface area (Å²) < 4.78 is 13.0. The first-order chi connectivity index (χ1) is 18.4. The third-order valence-electron chi connectivity index (χ3n) is 5.33. The van der Waals surface area contributed by atoms with Gasteiger partial charge in [0.25, 0.3) is 11.6 Å². The Hall–Kier alpha value is -4.71. The summed E-state index contributed by atoms with van der Waals surface area (Å²) in [5.41, 5.74) is 4.90. The van der Waals surface area contributed by atoms with Crippen molar-refractivity contribution < 1.29 is 19.2 Å². The van der Waals surface area contributed by atoms with Crippen molar-refractivity contribution in [2.24, 2.45) is 12.1 Å².